The van der Waals surface area contributed by atoms with Crippen LogP contribution in [0.5, 0.6) is 0 Å². The number of pyridine rings is 1. The average molecular weight is 507 g/mol. The van der Waals surface area contributed by atoms with Crippen molar-refractivity contribution >= 4 is 11.8 Å². The predicted molar refractivity (Wildman–Crippen MR) is 141 cm³/mol. The van der Waals surface area contributed by atoms with Crippen molar-refractivity contribution in [3.05, 3.63) is 59.4 Å². The van der Waals surface area contributed by atoms with E-state index in [0.29, 0.717) is 57.4 Å². The maximum absolute atomic E-state index is 12.3. The Hall–Kier alpha value is -3.15. The first-order valence-electron chi connectivity index (χ1n) is 13.0. The molecular weight excluding hydrogens is 468 g/mol. The van der Waals surface area contributed by atoms with Crippen molar-refractivity contribution in [2.24, 2.45) is 5.41 Å². The van der Waals surface area contributed by atoms with Crippen molar-refractivity contribution in [1.82, 2.24) is 9.88 Å². The van der Waals surface area contributed by atoms with Crippen LogP contribution in [0.1, 0.15) is 63.8 Å². The van der Waals surface area contributed by atoms with E-state index in [1.54, 1.807) is 17.2 Å². The van der Waals surface area contributed by atoms with Gasteiger partial charge in [-0.25, -0.2) is 9.78 Å². The van der Waals surface area contributed by atoms with Crippen LogP contribution in [0.3, 0.4) is 0 Å². The lowest BCUT2D eigenvalue weighted by molar-refractivity contribution is -0.254. The van der Waals surface area contributed by atoms with Crippen LogP contribution in [0.2, 0.25) is 0 Å². The van der Waals surface area contributed by atoms with E-state index in [4.69, 9.17) is 19.5 Å². The van der Waals surface area contributed by atoms with Gasteiger partial charge in [-0.05, 0) is 49.9 Å². The zero-order chi connectivity index (χ0) is 26.6. The molecule has 4 rings (SSSR count). The first-order chi connectivity index (χ1) is 17.6. The SMILES string of the molecule is CC(C)c1ccc(CN(CCC2OCC3(CO2)CN(C(=O)OC(C)(C)C)C3)c2ccc(C#N)nc2)cc1. The Bertz CT molecular complexity index is 1090. The molecule has 0 saturated carbocycles. The van der Waals surface area contributed by atoms with Gasteiger partial charge in [-0.1, -0.05) is 38.1 Å². The number of hydrogen-bond donors (Lipinski definition) is 0. The van der Waals surface area contributed by atoms with E-state index in [1.165, 1.54) is 11.1 Å². The molecule has 37 heavy (non-hydrogen) atoms. The van der Waals surface area contributed by atoms with Gasteiger partial charge in [-0.15, -0.1) is 0 Å². The van der Waals surface area contributed by atoms with Crippen LogP contribution in [0.4, 0.5) is 10.5 Å². The molecule has 8 heteroatoms. The lowest BCUT2D eigenvalue weighted by atomic mass is 9.81. The van der Waals surface area contributed by atoms with Gasteiger partial charge in [-0.2, -0.15) is 5.26 Å². The van der Waals surface area contributed by atoms with Crippen LogP contribution in [0, 0.1) is 16.7 Å². The smallest absolute Gasteiger partial charge is 0.410 e. The van der Waals surface area contributed by atoms with Crippen LogP contribution >= 0.6 is 0 Å². The molecule has 2 aliphatic heterocycles. The maximum Gasteiger partial charge on any atom is 0.410 e. The summed E-state index contributed by atoms with van der Waals surface area (Å²) in [6.07, 6.45) is 1.85. The number of aromatic nitrogens is 1. The number of benzene rings is 1. The number of carbonyl (C=O) groups is 1. The molecule has 0 atom stereocenters. The van der Waals surface area contributed by atoms with E-state index < -0.39 is 5.60 Å². The second kappa shape index (κ2) is 11.1. The maximum atomic E-state index is 12.3. The molecule has 0 radical (unpaired) electrons. The Labute approximate surface area is 220 Å². The summed E-state index contributed by atoms with van der Waals surface area (Å²) in [5.74, 6) is 0.489. The fraction of sp³-hybridized carbons (Fsp3) is 0.552. The monoisotopic (exact) mass is 506 g/mol. The number of amides is 1. The molecule has 3 heterocycles. The van der Waals surface area contributed by atoms with Crippen LogP contribution in [0.15, 0.2) is 42.6 Å². The number of rotatable bonds is 7. The fourth-order valence-corrected chi connectivity index (χ4v) is 4.63. The molecular formula is C29H38N4O4. The van der Waals surface area contributed by atoms with Gasteiger partial charge in [0.1, 0.15) is 17.4 Å². The van der Waals surface area contributed by atoms with E-state index in [1.807, 2.05) is 26.8 Å². The van der Waals surface area contributed by atoms with Crippen molar-refractivity contribution in [2.45, 2.75) is 65.4 Å². The summed E-state index contributed by atoms with van der Waals surface area (Å²) < 4.78 is 17.6. The van der Waals surface area contributed by atoms with Gasteiger partial charge in [0, 0.05) is 32.6 Å². The largest absolute Gasteiger partial charge is 0.444 e. The number of anilines is 1. The minimum Gasteiger partial charge on any atom is -0.444 e. The zero-order valence-electron chi connectivity index (χ0n) is 22.6. The Kier molecular flexibility index (Phi) is 8.05. The summed E-state index contributed by atoms with van der Waals surface area (Å²) in [6, 6.07) is 14.5. The first kappa shape index (κ1) is 26.9. The molecule has 2 fully saturated rings. The van der Waals surface area contributed by atoms with E-state index in [2.05, 4.69) is 54.1 Å². The molecule has 1 aromatic carbocycles. The Morgan fingerprint density at radius 2 is 1.86 bits per heavy atom. The standard InChI is InChI=1S/C29H38N4O4/c1-21(2)23-8-6-22(7-9-23)16-32(25-11-10-24(14-30)31-15-25)13-12-26-35-19-29(20-36-26)17-33(18-29)27(34)37-28(3,4)5/h6-11,15,21,26H,12-13,16-20H2,1-5H3. The molecule has 0 bridgehead atoms. The van der Waals surface area contributed by atoms with Crippen molar-refractivity contribution in [3.63, 3.8) is 0 Å². The number of ether oxygens (including phenoxy) is 3. The minimum absolute atomic E-state index is 0.150. The zero-order valence-corrected chi connectivity index (χ0v) is 22.6. The summed E-state index contributed by atoms with van der Waals surface area (Å²) >= 11 is 0. The van der Waals surface area contributed by atoms with Gasteiger partial charge >= 0.3 is 6.09 Å². The van der Waals surface area contributed by atoms with Gasteiger partial charge < -0.3 is 24.0 Å². The quantitative estimate of drug-likeness (QED) is 0.517. The highest BCUT2D eigenvalue weighted by Gasteiger charge is 2.49. The predicted octanol–water partition coefficient (Wildman–Crippen LogP) is 5.08. The molecule has 0 unspecified atom stereocenters. The molecule has 2 aromatic rings. The van der Waals surface area contributed by atoms with Crippen LogP contribution in [-0.2, 0) is 20.8 Å². The molecule has 2 aliphatic rings. The van der Waals surface area contributed by atoms with E-state index >= 15 is 0 Å². The Morgan fingerprint density at radius 1 is 1.19 bits per heavy atom. The average Bonchev–Trinajstić information content (AvgIpc) is 2.84. The molecule has 1 spiro atoms. The molecule has 1 amide bonds. The van der Waals surface area contributed by atoms with Gasteiger partial charge in [0.05, 0.1) is 30.5 Å². The Balaban J connectivity index is 1.32. The molecule has 0 aliphatic carbocycles. The lowest BCUT2D eigenvalue weighted by Crippen LogP contribution is -2.65. The minimum atomic E-state index is -0.503. The Morgan fingerprint density at radius 3 is 2.41 bits per heavy atom. The van der Waals surface area contributed by atoms with Crippen molar-refractivity contribution in [3.8, 4) is 6.07 Å². The van der Waals surface area contributed by atoms with Crippen molar-refractivity contribution < 1.29 is 19.0 Å². The number of nitrogens with zero attached hydrogens (tertiary/aromatic N) is 4. The van der Waals surface area contributed by atoms with E-state index in [0.717, 1.165) is 5.69 Å². The highest BCUT2D eigenvalue weighted by atomic mass is 16.7. The summed E-state index contributed by atoms with van der Waals surface area (Å²) in [5, 5.41) is 9.12. The molecule has 198 valence electrons. The highest BCUT2D eigenvalue weighted by molar-refractivity contribution is 5.69. The second-order valence-corrected chi connectivity index (χ2v) is 11.5. The molecule has 1 aromatic heterocycles. The normalized spacial score (nSPS) is 17.4. The first-order valence-corrected chi connectivity index (χ1v) is 13.0. The van der Waals surface area contributed by atoms with E-state index in [-0.39, 0.29) is 17.8 Å². The van der Waals surface area contributed by atoms with Gasteiger partial charge in [0.25, 0.3) is 0 Å². The summed E-state index contributed by atoms with van der Waals surface area (Å²) in [7, 11) is 0. The van der Waals surface area contributed by atoms with Gasteiger partial charge in [0.2, 0.25) is 0 Å². The number of nitriles is 1. The summed E-state index contributed by atoms with van der Waals surface area (Å²) in [5.41, 5.74) is 3.21. The summed E-state index contributed by atoms with van der Waals surface area (Å²) in [4.78, 5) is 20.5. The molecule has 8 nitrogen and oxygen atoms in total. The third kappa shape index (κ3) is 7.00. The van der Waals surface area contributed by atoms with Crippen molar-refractivity contribution in [2.75, 3.05) is 37.7 Å². The molecule has 2 saturated heterocycles. The van der Waals surface area contributed by atoms with Crippen LogP contribution < -0.4 is 4.90 Å². The van der Waals surface area contributed by atoms with Crippen molar-refractivity contribution in [1.29, 1.82) is 5.26 Å². The molecule has 0 N–H and O–H groups in total. The van der Waals surface area contributed by atoms with Crippen LogP contribution in [0.25, 0.3) is 0 Å². The third-order valence-corrected chi connectivity index (χ3v) is 6.74. The van der Waals surface area contributed by atoms with Crippen LogP contribution in [-0.4, -0.2) is 60.7 Å². The van der Waals surface area contributed by atoms with Gasteiger partial charge in [-0.3, -0.25) is 0 Å². The number of likely N-dealkylation sites (tertiary alicyclic amines) is 1. The lowest BCUT2D eigenvalue weighted by Gasteiger charge is -2.52. The van der Waals surface area contributed by atoms with E-state index in [9.17, 15) is 4.79 Å². The van der Waals surface area contributed by atoms with Gasteiger partial charge in [0.15, 0.2) is 6.29 Å². The number of carbonyl (C=O) groups excluding carboxylic acids is 1. The fourth-order valence-electron chi connectivity index (χ4n) is 4.63. The number of hydrogen-bond acceptors (Lipinski definition) is 7. The topological polar surface area (TPSA) is 87.9 Å². The highest BCUT2D eigenvalue weighted by Crippen LogP contribution is 2.36. The summed E-state index contributed by atoms with van der Waals surface area (Å²) in [6.45, 7) is 13.7. The third-order valence-electron chi connectivity index (χ3n) is 6.74. The second-order valence-electron chi connectivity index (χ2n) is 11.5.